The van der Waals surface area contributed by atoms with Gasteiger partial charge in [0.2, 0.25) is 0 Å². The standard InChI is InChI=1S/C17H19NO2/c1-13(14-8-6-9-16(11-14)19-2)18-12-15-7-4-5-10-17(15)20-3/h4-11H,12H2,1-3H3. The summed E-state index contributed by atoms with van der Waals surface area (Å²) in [5.41, 5.74) is 3.13. The van der Waals surface area contributed by atoms with E-state index in [4.69, 9.17) is 9.47 Å². The van der Waals surface area contributed by atoms with E-state index in [2.05, 4.69) is 4.99 Å². The summed E-state index contributed by atoms with van der Waals surface area (Å²) in [5, 5.41) is 0. The summed E-state index contributed by atoms with van der Waals surface area (Å²) in [7, 11) is 3.35. The van der Waals surface area contributed by atoms with Crippen molar-refractivity contribution >= 4 is 5.71 Å². The molecule has 0 spiro atoms. The van der Waals surface area contributed by atoms with E-state index in [-0.39, 0.29) is 0 Å². The number of rotatable bonds is 5. The normalized spacial score (nSPS) is 11.2. The van der Waals surface area contributed by atoms with Crippen molar-refractivity contribution < 1.29 is 9.47 Å². The topological polar surface area (TPSA) is 30.8 Å². The number of benzene rings is 2. The molecule has 0 atom stereocenters. The monoisotopic (exact) mass is 269 g/mol. The molecule has 3 nitrogen and oxygen atoms in total. The SMILES string of the molecule is COc1cccc(C(C)=NCc2ccccc2OC)c1. The summed E-state index contributed by atoms with van der Waals surface area (Å²) in [4.78, 5) is 4.63. The Morgan fingerprint density at radius 3 is 2.55 bits per heavy atom. The predicted octanol–water partition coefficient (Wildman–Crippen LogP) is 3.71. The maximum Gasteiger partial charge on any atom is 0.123 e. The molecule has 0 N–H and O–H groups in total. The first-order valence-electron chi connectivity index (χ1n) is 6.52. The van der Waals surface area contributed by atoms with E-state index in [1.165, 1.54) is 0 Å². The molecule has 0 aromatic heterocycles. The lowest BCUT2D eigenvalue weighted by Gasteiger charge is -2.07. The molecule has 0 heterocycles. The minimum absolute atomic E-state index is 0.604. The zero-order valence-corrected chi connectivity index (χ0v) is 12.1. The van der Waals surface area contributed by atoms with Gasteiger partial charge >= 0.3 is 0 Å². The second-order valence-corrected chi connectivity index (χ2v) is 4.45. The first-order valence-corrected chi connectivity index (χ1v) is 6.52. The van der Waals surface area contributed by atoms with Crippen LogP contribution in [0, 0.1) is 0 Å². The Morgan fingerprint density at radius 2 is 1.80 bits per heavy atom. The first-order chi connectivity index (χ1) is 9.74. The molecule has 2 aromatic rings. The third kappa shape index (κ3) is 3.38. The highest BCUT2D eigenvalue weighted by Crippen LogP contribution is 2.19. The van der Waals surface area contributed by atoms with E-state index in [0.717, 1.165) is 28.3 Å². The molecule has 0 aliphatic carbocycles. The van der Waals surface area contributed by atoms with Crippen LogP contribution in [0.25, 0.3) is 0 Å². The molecule has 0 saturated heterocycles. The number of para-hydroxylation sites is 1. The van der Waals surface area contributed by atoms with Crippen LogP contribution in [0.3, 0.4) is 0 Å². The molecule has 104 valence electrons. The summed E-state index contributed by atoms with van der Waals surface area (Å²) in [6.07, 6.45) is 0. The fraction of sp³-hybridized carbons (Fsp3) is 0.235. The highest BCUT2D eigenvalue weighted by atomic mass is 16.5. The van der Waals surface area contributed by atoms with Crippen molar-refractivity contribution in [3.8, 4) is 11.5 Å². The van der Waals surface area contributed by atoms with Crippen LogP contribution < -0.4 is 9.47 Å². The Kier molecular flexibility index (Phi) is 4.77. The number of ether oxygens (including phenoxy) is 2. The largest absolute Gasteiger partial charge is 0.497 e. The molecule has 0 fully saturated rings. The molecule has 2 aromatic carbocycles. The summed E-state index contributed by atoms with van der Waals surface area (Å²) in [6, 6.07) is 15.8. The van der Waals surface area contributed by atoms with Gasteiger partial charge in [-0.15, -0.1) is 0 Å². The van der Waals surface area contributed by atoms with Crippen molar-refractivity contribution in [3.63, 3.8) is 0 Å². The van der Waals surface area contributed by atoms with Crippen molar-refractivity contribution in [2.45, 2.75) is 13.5 Å². The highest BCUT2D eigenvalue weighted by molar-refractivity contribution is 5.99. The fourth-order valence-electron chi connectivity index (χ4n) is 1.98. The lowest BCUT2D eigenvalue weighted by Crippen LogP contribution is -1.97. The van der Waals surface area contributed by atoms with Crippen molar-refractivity contribution in [1.29, 1.82) is 0 Å². The quantitative estimate of drug-likeness (QED) is 0.775. The van der Waals surface area contributed by atoms with Gasteiger partial charge in [-0.3, -0.25) is 4.99 Å². The molecule has 3 heteroatoms. The zero-order chi connectivity index (χ0) is 14.4. The van der Waals surface area contributed by atoms with Gasteiger partial charge in [-0.1, -0.05) is 30.3 Å². The number of hydrogen-bond acceptors (Lipinski definition) is 3. The van der Waals surface area contributed by atoms with Gasteiger partial charge in [0.25, 0.3) is 0 Å². The average Bonchev–Trinajstić information content (AvgIpc) is 2.52. The van der Waals surface area contributed by atoms with Crippen LogP contribution in [0.15, 0.2) is 53.5 Å². The van der Waals surface area contributed by atoms with Crippen LogP contribution in [0.1, 0.15) is 18.1 Å². The lowest BCUT2D eigenvalue weighted by atomic mass is 10.1. The van der Waals surface area contributed by atoms with Crippen LogP contribution in [0.4, 0.5) is 0 Å². The maximum absolute atomic E-state index is 5.33. The number of nitrogens with zero attached hydrogens (tertiary/aromatic N) is 1. The van der Waals surface area contributed by atoms with Gasteiger partial charge in [-0.05, 0) is 30.7 Å². The van der Waals surface area contributed by atoms with Crippen LogP contribution in [-0.2, 0) is 6.54 Å². The molecular weight excluding hydrogens is 250 g/mol. The van der Waals surface area contributed by atoms with Crippen LogP contribution in [-0.4, -0.2) is 19.9 Å². The Hall–Kier alpha value is -2.29. The molecule has 0 radical (unpaired) electrons. The Bertz CT molecular complexity index is 605. The van der Waals surface area contributed by atoms with Crippen LogP contribution in [0.5, 0.6) is 11.5 Å². The summed E-state index contributed by atoms with van der Waals surface area (Å²) in [5.74, 6) is 1.71. The average molecular weight is 269 g/mol. The number of hydrogen-bond donors (Lipinski definition) is 0. The maximum atomic E-state index is 5.33. The summed E-state index contributed by atoms with van der Waals surface area (Å²) in [6.45, 7) is 2.61. The zero-order valence-electron chi connectivity index (χ0n) is 12.1. The molecule has 0 aliphatic rings. The second kappa shape index (κ2) is 6.75. The Labute approximate surface area is 119 Å². The Morgan fingerprint density at radius 1 is 1.00 bits per heavy atom. The van der Waals surface area contributed by atoms with E-state index in [0.29, 0.717) is 6.54 Å². The van der Waals surface area contributed by atoms with Crippen molar-refractivity contribution in [2.75, 3.05) is 14.2 Å². The lowest BCUT2D eigenvalue weighted by molar-refractivity contribution is 0.410. The third-order valence-corrected chi connectivity index (χ3v) is 3.17. The Balaban J connectivity index is 2.18. The summed E-state index contributed by atoms with van der Waals surface area (Å²) >= 11 is 0. The number of methoxy groups -OCH3 is 2. The van der Waals surface area contributed by atoms with E-state index >= 15 is 0 Å². The molecule has 0 amide bonds. The minimum atomic E-state index is 0.604. The first kappa shape index (κ1) is 14.1. The summed E-state index contributed by atoms with van der Waals surface area (Å²) < 4.78 is 10.6. The van der Waals surface area contributed by atoms with E-state index in [1.807, 2.05) is 55.5 Å². The van der Waals surface area contributed by atoms with Gasteiger partial charge in [0.05, 0.1) is 20.8 Å². The van der Waals surface area contributed by atoms with Gasteiger partial charge in [0.1, 0.15) is 11.5 Å². The predicted molar refractivity (Wildman–Crippen MR) is 81.9 cm³/mol. The molecule has 2 rings (SSSR count). The molecule has 0 unspecified atom stereocenters. The van der Waals surface area contributed by atoms with Gasteiger partial charge in [0.15, 0.2) is 0 Å². The molecule has 20 heavy (non-hydrogen) atoms. The molecular formula is C17H19NO2. The van der Waals surface area contributed by atoms with Gasteiger partial charge in [-0.25, -0.2) is 0 Å². The molecule has 0 saturated carbocycles. The number of aliphatic imine (C=N–C) groups is 1. The van der Waals surface area contributed by atoms with Crippen molar-refractivity contribution in [1.82, 2.24) is 0 Å². The van der Waals surface area contributed by atoms with Crippen molar-refractivity contribution in [3.05, 3.63) is 59.7 Å². The van der Waals surface area contributed by atoms with Crippen LogP contribution >= 0.6 is 0 Å². The molecule has 0 bridgehead atoms. The minimum Gasteiger partial charge on any atom is -0.497 e. The fourth-order valence-corrected chi connectivity index (χ4v) is 1.98. The highest BCUT2D eigenvalue weighted by Gasteiger charge is 2.02. The van der Waals surface area contributed by atoms with E-state index < -0.39 is 0 Å². The van der Waals surface area contributed by atoms with Gasteiger partial charge < -0.3 is 9.47 Å². The van der Waals surface area contributed by atoms with E-state index in [9.17, 15) is 0 Å². The van der Waals surface area contributed by atoms with E-state index in [1.54, 1.807) is 14.2 Å². The van der Waals surface area contributed by atoms with Gasteiger partial charge in [0, 0.05) is 11.3 Å². The second-order valence-electron chi connectivity index (χ2n) is 4.45. The van der Waals surface area contributed by atoms with Crippen molar-refractivity contribution in [2.24, 2.45) is 4.99 Å². The van der Waals surface area contributed by atoms with Crippen LogP contribution in [0.2, 0.25) is 0 Å². The third-order valence-electron chi connectivity index (χ3n) is 3.17. The smallest absolute Gasteiger partial charge is 0.123 e. The van der Waals surface area contributed by atoms with Gasteiger partial charge in [-0.2, -0.15) is 0 Å². The molecule has 0 aliphatic heterocycles.